The second-order valence-electron chi connectivity index (χ2n) is 6.27. The van der Waals surface area contributed by atoms with E-state index >= 15 is 0 Å². The van der Waals surface area contributed by atoms with Crippen LogP contribution in [0.3, 0.4) is 0 Å². The van der Waals surface area contributed by atoms with E-state index in [1.54, 1.807) is 16.7 Å². The summed E-state index contributed by atoms with van der Waals surface area (Å²) < 4.78 is 1.72. The Morgan fingerprint density at radius 1 is 1.22 bits per heavy atom. The van der Waals surface area contributed by atoms with Crippen LogP contribution in [0.1, 0.15) is 24.5 Å². The third kappa shape index (κ3) is 4.94. The quantitative estimate of drug-likeness (QED) is 0.509. The van der Waals surface area contributed by atoms with Crippen molar-refractivity contribution in [3.63, 3.8) is 0 Å². The van der Waals surface area contributed by atoms with Crippen LogP contribution in [0.5, 0.6) is 0 Å². The molecule has 0 atom stereocenters. The highest BCUT2D eigenvalue weighted by Crippen LogP contribution is 2.25. The van der Waals surface area contributed by atoms with E-state index in [0.717, 1.165) is 12.0 Å². The lowest BCUT2D eigenvalue weighted by Crippen LogP contribution is -2.32. The van der Waals surface area contributed by atoms with Crippen LogP contribution in [0.15, 0.2) is 41.7 Å². The monoisotopic (exact) mass is 422 g/mol. The van der Waals surface area contributed by atoms with Crippen molar-refractivity contribution >= 4 is 46.5 Å². The van der Waals surface area contributed by atoms with Gasteiger partial charge in [0.15, 0.2) is 10.8 Å². The Labute approximate surface area is 172 Å². The molecular formula is C19H20Cl2N4OS. The van der Waals surface area contributed by atoms with Gasteiger partial charge in [-0.05, 0) is 25.0 Å². The summed E-state index contributed by atoms with van der Waals surface area (Å²) in [5.41, 5.74) is 2.86. The molecule has 3 rings (SSSR count). The Hall–Kier alpha value is -1.76. The predicted octanol–water partition coefficient (Wildman–Crippen LogP) is 4.88. The zero-order valence-electron chi connectivity index (χ0n) is 15.2. The van der Waals surface area contributed by atoms with Gasteiger partial charge in [-0.15, -0.1) is 10.2 Å². The minimum Gasteiger partial charge on any atom is -0.338 e. The van der Waals surface area contributed by atoms with Gasteiger partial charge >= 0.3 is 0 Å². The Morgan fingerprint density at radius 2 is 1.96 bits per heavy atom. The van der Waals surface area contributed by atoms with E-state index in [4.69, 9.17) is 23.2 Å². The zero-order valence-corrected chi connectivity index (χ0v) is 17.5. The molecule has 2 aromatic heterocycles. The van der Waals surface area contributed by atoms with Crippen molar-refractivity contribution in [3.05, 3.63) is 57.7 Å². The second kappa shape index (κ2) is 8.95. The highest BCUT2D eigenvalue weighted by atomic mass is 35.5. The highest BCUT2D eigenvalue weighted by Gasteiger charge is 2.16. The molecule has 0 N–H and O–H groups in total. The van der Waals surface area contributed by atoms with Crippen LogP contribution in [0.2, 0.25) is 10.0 Å². The van der Waals surface area contributed by atoms with Gasteiger partial charge in [0.1, 0.15) is 0 Å². The Morgan fingerprint density at radius 3 is 2.67 bits per heavy atom. The number of pyridine rings is 1. The van der Waals surface area contributed by atoms with E-state index in [9.17, 15) is 4.79 Å². The first kappa shape index (κ1) is 20.0. The number of nitrogens with zero attached hydrogens (tertiary/aromatic N) is 4. The highest BCUT2D eigenvalue weighted by molar-refractivity contribution is 7.99. The number of halogens is 2. The number of carbonyl (C=O) groups excluding carboxylic acids is 1. The molecule has 0 bridgehead atoms. The van der Waals surface area contributed by atoms with Gasteiger partial charge in [-0.3, -0.25) is 9.20 Å². The molecule has 5 nitrogen and oxygen atoms in total. The maximum atomic E-state index is 12.8. The predicted molar refractivity (Wildman–Crippen MR) is 111 cm³/mol. The SMILES string of the molecule is CCCN(Cc1ccc(C)cc1)C(=O)CSc1nnc2c(Cl)cc(Cl)cn12. The molecule has 1 aromatic carbocycles. The number of hydrogen-bond donors (Lipinski definition) is 0. The molecule has 8 heteroatoms. The fraction of sp³-hybridized carbons (Fsp3) is 0.316. The molecule has 0 saturated heterocycles. The summed E-state index contributed by atoms with van der Waals surface area (Å²) in [5.74, 6) is 0.337. The van der Waals surface area contributed by atoms with E-state index in [2.05, 4.69) is 48.3 Å². The summed E-state index contributed by atoms with van der Waals surface area (Å²) >= 11 is 13.5. The molecule has 0 fully saturated rings. The average molecular weight is 423 g/mol. The Balaban J connectivity index is 1.70. The summed E-state index contributed by atoms with van der Waals surface area (Å²) in [7, 11) is 0. The van der Waals surface area contributed by atoms with E-state index < -0.39 is 0 Å². The number of thioether (sulfide) groups is 1. The van der Waals surface area contributed by atoms with Gasteiger partial charge in [0.2, 0.25) is 5.91 Å². The van der Waals surface area contributed by atoms with E-state index in [1.165, 1.54) is 17.3 Å². The summed E-state index contributed by atoms with van der Waals surface area (Å²) in [6.45, 7) is 5.44. The molecule has 1 amide bonds. The number of hydrogen-bond acceptors (Lipinski definition) is 4. The van der Waals surface area contributed by atoms with Crippen LogP contribution in [-0.2, 0) is 11.3 Å². The van der Waals surface area contributed by atoms with Crippen molar-refractivity contribution in [1.29, 1.82) is 0 Å². The van der Waals surface area contributed by atoms with Crippen LogP contribution in [0.4, 0.5) is 0 Å². The van der Waals surface area contributed by atoms with Crippen molar-refractivity contribution in [1.82, 2.24) is 19.5 Å². The van der Waals surface area contributed by atoms with Crippen LogP contribution < -0.4 is 0 Å². The lowest BCUT2D eigenvalue weighted by Gasteiger charge is -2.22. The molecule has 0 unspecified atom stereocenters. The van der Waals surface area contributed by atoms with Crippen LogP contribution in [0, 0.1) is 6.92 Å². The van der Waals surface area contributed by atoms with Crippen molar-refractivity contribution < 1.29 is 4.79 Å². The fourth-order valence-corrected chi connectivity index (χ4v) is 4.02. The van der Waals surface area contributed by atoms with E-state index in [-0.39, 0.29) is 11.7 Å². The first-order valence-corrected chi connectivity index (χ1v) is 10.4. The van der Waals surface area contributed by atoms with Gasteiger partial charge in [-0.2, -0.15) is 0 Å². The van der Waals surface area contributed by atoms with E-state index in [0.29, 0.717) is 33.9 Å². The molecule has 27 heavy (non-hydrogen) atoms. The number of fused-ring (bicyclic) bond motifs is 1. The standard InChI is InChI=1S/C19H20Cl2N4OS/c1-3-8-24(10-14-6-4-13(2)5-7-14)17(26)12-27-19-23-22-18-16(21)9-15(20)11-25(18)19/h4-7,9,11H,3,8,10,12H2,1-2H3. The Bertz CT molecular complexity index is 943. The summed E-state index contributed by atoms with van der Waals surface area (Å²) in [6.07, 6.45) is 2.60. The molecule has 0 aliphatic carbocycles. The molecule has 0 aliphatic rings. The lowest BCUT2D eigenvalue weighted by molar-refractivity contribution is -0.129. The molecule has 0 saturated carbocycles. The first-order valence-electron chi connectivity index (χ1n) is 8.64. The molecule has 0 aliphatic heterocycles. The van der Waals surface area contributed by atoms with Crippen LogP contribution >= 0.6 is 35.0 Å². The number of benzene rings is 1. The fourth-order valence-electron chi connectivity index (χ4n) is 2.69. The molecule has 0 radical (unpaired) electrons. The van der Waals surface area contributed by atoms with Crippen LogP contribution in [-0.4, -0.2) is 37.7 Å². The first-order chi connectivity index (χ1) is 13.0. The minimum absolute atomic E-state index is 0.0623. The maximum Gasteiger partial charge on any atom is 0.233 e. The van der Waals surface area contributed by atoms with Crippen LogP contribution in [0.25, 0.3) is 5.65 Å². The van der Waals surface area contributed by atoms with Gasteiger partial charge in [0, 0.05) is 19.3 Å². The summed E-state index contributed by atoms with van der Waals surface area (Å²) in [6, 6.07) is 9.88. The van der Waals surface area contributed by atoms with Gasteiger partial charge in [0.05, 0.1) is 15.8 Å². The largest absolute Gasteiger partial charge is 0.338 e. The third-order valence-electron chi connectivity index (χ3n) is 4.06. The molecule has 0 spiro atoms. The van der Waals surface area contributed by atoms with Crippen molar-refractivity contribution in [2.24, 2.45) is 0 Å². The second-order valence-corrected chi connectivity index (χ2v) is 8.06. The number of carbonyl (C=O) groups is 1. The number of aromatic nitrogens is 3. The normalized spacial score (nSPS) is 11.1. The van der Waals surface area contributed by atoms with E-state index in [1.807, 2.05) is 4.90 Å². The summed E-state index contributed by atoms with van der Waals surface area (Å²) in [5, 5.41) is 9.72. The zero-order chi connectivity index (χ0) is 19.4. The lowest BCUT2D eigenvalue weighted by atomic mass is 10.1. The van der Waals surface area contributed by atoms with Crippen molar-refractivity contribution in [2.75, 3.05) is 12.3 Å². The van der Waals surface area contributed by atoms with Gasteiger partial charge in [-0.1, -0.05) is 71.7 Å². The number of amides is 1. The maximum absolute atomic E-state index is 12.8. The minimum atomic E-state index is 0.0623. The van der Waals surface area contributed by atoms with Gasteiger partial charge in [-0.25, -0.2) is 0 Å². The Kier molecular flexibility index (Phi) is 6.63. The number of aryl methyl sites for hydroxylation is 1. The number of rotatable bonds is 7. The third-order valence-corrected chi connectivity index (χ3v) is 5.47. The summed E-state index contributed by atoms with van der Waals surface area (Å²) in [4.78, 5) is 14.6. The molecule has 142 valence electrons. The van der Waals surface area contributed by atoms with Gasteiger partial charge in [0.25, 0.3) is 0 Å². The van der Waals surface area contributed by atoms with Crippen molar-refractivity contribution in [2.45, 2.75) is 32.0 Å². The molecular weight excluding hydrogens is 403 g/mol. The topological polar surface area (TPSA) is 50.5 Å². The molecule has 3 aromatic rings. The van der Waals surface area contributed by atoms with Crippen molar-refractivity contribution in [3.8, 4) is 0 Å². The molecule has 2 heterocycles. The average Bonchev–Trinajstić information content (AvgIpc) is 3.04. The van der Waals surface area contributed by atoms with Gasteiger partial charge < -0.3 is 4.90 Å². The smallest absolute Gasteiger partial charge is 0.233 e.